The largest absolute Gasteiger partial charge is 0.507 e. The van der Waals surface area contributed by atoms with E-state index in [1.165, 1.54) is 12.2 Å². The standard InChI is InChI=1S/C30H42N2O8/c1-13-11-17-18-12-15-7-8-19(33)25-27(36)26(32-30(25)39)20(34)9-10-31-21(35)6-4-5-16(15)23(18)28(37)29(38)24(17)22(13)14(2)40-3/h4,6-8,13-18,20,22-24,26,28-29,33-34,37-38H,5,9-12H2,1-3H3,(H,31,35)(H,32,39)/b6-4-,8-7+,25-19?/t13-,14-,15-,16+,17-,18-,20+,22+,23-,24-,26+,28+,29+/m1/s1. The number of amides is 2. The van der Waals surface area contributed by atoms with Crippen molar-refractivity contribution in [2.24, 2.45) is 47.3 Å². The van der Waals surface area contributed by atoms with Gasteiger partial charge in [-0.2, -0.15) is 0 Å². The van der Waals surface area contributed by atoms with Crippen molar-refractivity contribution in [3.05, 3.63) is 35.6 Å². The molecular formula is C30H42N2O8. The second-order valence-corrected chi connectivity index (χ2v) is 12.5. The van der Waals surface area contributed by atoms with Crippen LogP contribution in [0.2, 0.25) is 0 Å². The van der Waals surface area contributed by atoms with Gasteiger partial charge in [-0.05, 0) is 92.1 Å². The van der Waals surface area contributed by atoms with Crippen molar-refractivity contribution in [2.75, 3.05) is 13.7 Å². The summed E-state index contributed by atoms with van der Waals surface area (Å²) in [7, 11) is 1.67. The monoisotopic (exact) mass is 558 g/mol. The first-order valence-corrected chi connectivity index (χ1v) is 14.5. The molecular weight excluding hydrogens is 516 g/mol. The summed E-state index contributed by atoms with van der Waals surface area (Å²) < 4.78 is 5.68. The van der Waals surface area contributed by atoms with Gasteiger partial charge in [0.1, 0.15) is 17.4 Å². The number of allylic oxidation sites excluding steroid dienone is 3. The van der Waals surface area contributed by atoms with Gasteiger partial charge in [0.05, 0.1) is 24.4 Å². The Morgan fingerprint density at radius 2 is 1.70 bits per heavy atom. The first-order valence-electron chi connectivity index (χ1n) is 14.5. The lowest BCUT2D eigenvalue weighted by Crippen LogP contribution is -2.53. The van der Waals surface area contributed by atoms with Crippen LogP contribution in [0.4, 0.5) is 0 Å². The van der Waals surface area contributed by atoms with Crippen LogP contribution in [0.15, 0.2) is 35.6 Å². The number of aliphatic hydroxyl groups excluding tert-OH is 4. The highest BCUT2D eigenvalue weighted by Crippen LogP contribution is 2.61. The summed E-state index contributed by atoms with van der Waals surface area (Å²) in [6, 6.07) is -1.19. The Kier molecular flexibility index (Phi) is 8.25. The topological polar surface area (TPSA) is 165 Å². The highest BCUT2D eigenvalue weighted by atomic mass is 16.5. The number of ether oxygens (including phenoxy) is 1. The van der Waals surface area contributed by atoms with Crippen molar-refractivity contribution in [3.8, 4) is 0 Å². The van der Waals surface area contributed by atoms with Crippen molar-refractivity contribution in [3.63, 3.8) is 0 Å². The molecule has 0 radical (unpaired) electrons. The molecule has 10 nitrogen and oxygen atoms in total. The Bertz CT molecular complexity index is 1120. The second kappa shape index (κ2) is 11.4. The normalized spacial score (nSPS) is 46.2. The van der Waals surface area contributed by atoms with Crippen molar-refractivity contribution >= 4 is 17.6 Å². The van der Waals surface area contributed by atoms with Crippen molar-refractivity contribution in [1.82, 2.24) is 10.6 Å². The molecule has 40 heavy (non-hydrogen) atoms. The number of nitrogens with one attached hydrogen (secondary N) is 2. The van der Waals surface area contributed by atoms with E-state index in [1.54, 1.807) is 19.3 Å². The first-order chi connectivity index (χ1) is 19.0. The fourth-order valence-electron chi connectivity index (χ4n) is 8.77. The number of hydrogen-bond donors (Lipinski definition) is 6. The van der Waals surface area contributed by atoms with Gasteiger partial charge in [-0.3, -0.25) is 14.4 Å². The van der Waals surface area contributed by atoms with Crippen molar-refractivity contribution in [2.45, 2.75) is 70.0 Å². The van der Waals surface area contributed by atoms with Gasteiger partial charge in [-0.25, -0.2) is 0 Å². The molecule has 2 amide bonds. The maximum Gasteiger partial charge on any atom is 0.259 e. The lowest BCUT2D eigenvalue weighted by Gasteiger charge is -2.47. The zero-order valence-corrected chi connectivity index (χ0v) is 23.3. The van der Waals surface area contributed by atoms with E-state index in [9.17, 15) is 34.8 Å². The van der Waals surface area contributed by atoms with E-state index in [0.29, 0.717) is 18.8 Å². The fraction of sp³-hybridized carbons (Fsp3) is 0.700. The third-order valence-corrected chi connectivity index (χ3v) is 10.5. The van der Waals surface area contributed by atoms with Gasteiger partial charge >= 0.3 is 0 Å². The Morgan fingerprint density at radius 1 is 1.00 bits per heavy atom. The molecule has 5 aliphatic rings. The van der Waals surface area contributed by atoms with Crippen LogP contribution in [0.3, 0.4) is 0 Å². The van der Waals surface area contributed by atoms with Crippen LogP contribution in [0.1, 0.15) is 39.5 Å². The SMILES string of the molecule is CO[C@H](C)[C@H]1[C@@H]2[C@H](O)[C@@H](O)[C@H]3[C@H](C[C@H]4/C=C/C(O)=C5C(=O)N[C@H](C5=O)[C@@H](O)CCNC(=O)/C=C\C[C@H]34)[C@H]2C[C@H]1C. The fourth-order valence-corrected chi connectivity index (χ4v) is 8.77. The number of aliphatic hydroxyl groups is 4. The zero-order chi connectivity index (χ0) is 28.9. The quantitative estimate of drug-likeness (QED) is 0.271. The predicted octanol–water partition coefficient (Wildman–Crippen LogP) is 0.777. The molecule has 10 heteroatoms. The molecule has 0 aromatic carbocycles. The molecule has 0 unspecified atom stereocenters. The molecule has 2 heterocycles. The Morgan fingerprint density at radius 3 is 2.42 bits per heavy atom. The number of methoxy groups -OCH3 is 1. The molecule has 13 atom stereocenters. The molecule has 2 bridgehead atoms. The minimum absolute atomic E-state index is 0.0440. The molecule has 3 aliphatic carbocycles. The van der Waals surface area contributed by atoms with Crippen LogP contribution in [-0.4, -0.2) is 82.1 Å². The van der Waals surface area contributed by atoms with Gasteiger partial charge in [0.2, 0.25) is 5.91 Å². The number of ketones is 1. The summed E-state index contributed by atoms with van der Waals surface area (Å²) in [6.07, 6.45) is 5.41. The van der Waals surface area contributed by atoms with Gasteiger partial charge in [0.25, 0.3) is 5.91 Å². The van der Waals surface area contributed by atoms with Crippen LogP contribution in [0.25, 0.3) is 0 Å². The average molecular weight is 559 g/mol. The summed E-state index contributed by atoms with van der Waals surface area (Å²) >= 11 is 0. The summed E-state index contributed by atoms with van der Waals surface area (Å²) in [5.41, 5.74) is -0.389. The van der Waals surface area contributed by atoms with Gasteiger partial charge in [-0.1, -0.05) is 19.1 Å². The maximum absolute atomic E-state index is 12.9. The minimum Gasteiger partial charge on any atom is -0.507 e. The molecule has 4 fully saturated rings. The number of fused-ring (bicyclic) bond motifs is 7. The molecule has 0 spiro atoms. The average Bonchev–Trinajstić information content (AvgIpc) is 3.55. The smallest absolute Gasteiger partial charge is 0.259 e. The molecule has 2 aliphatic heterocycles. The van der Waals surface area contributed by atoms with Crippen LogP contribution < -0.4 is 10.6 Å². The van der Waals surface area contributed by atoms with Gasteiger partial charge in [0, 0.05) is 13.7 Å². The molecule has 0 aromatic heterocycles. The van der Waals surface area contributed by atoms with E-state index >= 15 is 0 Å². The lowest BCUT2D eigenvalue weighted by molar-refractivity contribution is -0.139. The van der Waals surface area contributed by atoms with Gasteiger partial charge in [-0.15, -0.1) is 0 Å². The number of hydrogen-bond acceptors (Lipinski definition) is 8. The lowest BCUT2D eigenvalue weighted by atomic mass is 9.62. The summed E-state index contributed by atoms with van der Waals surface area (Å²) in [6.45, 7) is 4.30. The highest BCUT2D eigenvalue weighted by Gasteiger charge is 2.61. The Hall–Kier alpha value is -2.53. The Balaban J connectivity index is 1.50. The molecule has 0 aromatic rings. The van der Waals surface area contributed by atoms with E-state index in [1.807, 2.05) is 6.92 Å². The van der Waals surface area contributed by atoms with Crippen molar-refractivity contribution < 1.29 is 39.5 Å². The predicted molar refractivity (Wildman–Crippen MR) is 144 cm³/mol. The van der Waals surface area contributed by atoms with Crippen LogP contribution in [0.5, 0.6) is 0 Å². The van der Waals surface area contributed by atoms with Gasteiger partial charge in [0.15, 0.2) is 5.78 Å². The summed E-state index contributed by atoms with van der Waals surface area (Å²) in [5, 5.41) is 49.3. The van der Waals surface area contributed by atoms with Gasteiger partial charge < -0.3 is 35.8 Å². The third-order valence-electron chi connectivity index (χ3n) is 10.5. The highest BCUT2D eigenvalue weighted by molar-refractivity contribution is 6.27. The summed E-state index contributed by atoms with van der Waals surface area (Å²) in [4.78, 5) is 37.9. The van der Waals surface area contributed by atoms with E-state index in [2.05, 4.69) is 17.6 Å². The number of carbonyl (C=O) groups excluding carboxylic acids is 3. The first kappa shape index (κ1) is 29.0. The summed E-state index contributed by atoms with van der Waals surface area (Å²) in [5.74, 6) is -2.04. The van der Waals surface area contributed by atoms with E-state index in [4.69, 9.17) is 4.74 Å². The molecule has 5 rings (SSSR count). The molecule has 6 N–H and O–H groups in total. The molecule has 1 saturated heterocycles. The van der Waals surface area contributed by atoms with E-state index in [0.717, 1.165) is 6.42 Å². The third kappa shape index (κ3) is 4.93. The zero-order valence-electron chi connectivity index (χ0n) is 23.3. The van der Waals surface area contributed by atoms with Crippen LogP contribution in [-0.2, 0) is 19.1 Å². The van der Waals surface area contributed by atoms with Crippen LogP contribution >= 0.6 is 0 Å². The Labute approximate surface area is 234 Å². The number of carbonyl (C=O) groups is 3. The van der Waals surface area contributed by atoms with E-state index < -0.39 is 41.8 Å². The molecule has 3 saturated carbocycles. The van der Waals surface area contributed by atoms with Crippen molar-refractivity contribution in [1.29, 1.82) is 0 Å². The van der Waals surface area contributed by atoms with E-state index in [-0.39, 0.29) is 72.0 Å². The maximum atomic E-state index is 12.9. The number of rotatable bonds is 2. The minimum atomic E-state index is -1.22. The molecule has 220 valence electrons. The number of Topliss-reactive ketones (excluding diaryl/α,β-unsaturated/α-hetero) is 1. The van der Waals surface area contributed by atoms with Crippen LogP contribution in [0, 0.1) is 47.3 Å². The second-order valence-electron chi connectivity index (χ2n) is 12.5.